The zero-order valence-electron chi connectivity index (χ0n) is 9.59. The number of nitrogens with one attached hydrogen (secondary N) is 1. The molecule has 94 valence electrons. The summed E-state index contributed by atoms with van der Waals surface area (Å²) in [5.74, 6) is -1.02. The molecule has 0 amide bonds. The molecule has 5 nitrogen and oxygen atoms in total. The Hall–Kier alpha value is -2.58. The Morgan fingerprint density at radius 3 is 2.74 bits per heavy atom. The lowest BCUT2D eigenvalue weighted by molar-refractivity contribution is 0.0697. The van der Waals surface area contributed by atoms with Gasteiger partial charge in [-0.15, -0.1) is 0 Å². The lowest BCUT2D eigenvalue weighted by Crippen LogP contribution is -2.05. The first-order valence-electron chi connectivity index (χ1n) is 5.28. The Labute approximate surface area is 114 Å². The van der Waals surface area contributed by atoms with E-state index in [4.69, 9.17) is 22.0 Å². The predicted octanol–water partition coefficient (Wildman–Crippen LogP) is 3.05. The maximum atomic E-state index is 11.1. The molecule has 0 aliphatic carbocycles. The molecule has 0 aliphatic heterocycles. The van der Waals surface area contributed by atoms with Crippen molar-refractivity contribution < 1.29 is 9.90 Å². The van der Waals surface area contributed by atoms with Crippen LogP contribution in [0.1, 0.15) is 15.9 Å². The van der Waals surface area contributed by atoms with Gasteiger partial charge in [0.25, 0.3) is 0 Å². The zero-order valence-corrected chi connectivity index (χ0v) is 10.3. The van der Waals surface area contributed by atoms with Gasteiger partial charge in [0.2, 0.25) is 0 Å². The molecule has 0 saturated carbocycles. The Morgan fingerprint density at radius 2 is 2.05 bits per heavy atom. The number of hydrogen-bond donors (Lipinski definition) is 2. The van der Waals surface area contributed by atoms with Crippen LogP contribution in [0, 0.1) is 11.3 Å². The molecule has 0 bridgehead atoms. The van der Waals surface area contributed by atoms with Crippen molar-refractivity contribution in [2.75, 3.05) is 5.32 Å². The Balaban J connectivity index is 2.46. The van der Waals surface area contributed by atoms with E-state index < -0.39 is 5.97 Å². The van der Waals surface area contributed by atoms with E-state index in [0.717, 1.165) is 0 Å². The summed E-state index contributed by atoms with van der Waals surface area (Å²) in [7, 11) is 0. The molecular weight excluding hydrogens is 266 g/mol. The van der Waals surface area contributed by atoms with Crippen LogP contribution in [0.25, 0.3) is 0 Å². The lowest BCUT2D eigenvalue weighted by atomic mass is 10.2. The topological polar surface area (TPSA) is 86.0 Å². The van der Waals surface area contributed by atoms with Gasteiger partial charge in [-0.25, -0.2) is 9.78 Å². The van der Waals surface area contributed by atoms with Crippen LogP contribution in [0.15, 0.2) is 36.4 Å². The maximum Gasteiger partial charge on any atom is 0.339 e. The molecule has 2 rings (SSSR count). The zero-order chi connectivity index (χ0) is 13.8. The van der Waals surface area contributed by atoms with Gasteiger partial charge >= 0.3 is 5.97 Å². The molecule has 2 N–H and O–H groups in total. The molecule has 0 aliphatic rings. The minimum Gasteiger partial charge on any atom is -0.478 e. The predicted molar refractivity (Wildman–Crippen MR) is 70.6 cm³/mol. The van der Waals surface area contributed by atoms with Crippen molar-refractivity contribution in [2.45, 2.75) is 0 Å². The van der Waals surface area contributed by atoms with Crippen LogP contribution < -0.4 is 5.32 Å². The van der Waals surface area contributed by atoms with Crippen LogP contribution in [0.2, 0.25) is 5.15 Å². The SMILES string of the molecule is N#Cc1ccccc1Nc1nc(Cl)ccc1C(=O)O. The van der Waals surface area contributed by atoms with Gasteiger partial charge in [0, 0.05) is 0 Å². The van der Waals surface area contributed by atoms with Crippen LogP contribution in [-0.4, -0.2) is 16.1 Å². The van der Waals surface area contributed by atoms with Crippen molar-refractivity contribution in [2.24, 2.45) is 0 Å². The van der Waals surface area contributed by atoms with Crippen LogP contribution >= 0.6 is 11.6 Å². The third-order valence-corrected chi connectivity index (χ3v) is 2.60. The highest BCUT2D eigenvalue weighted by molar-refractivity contribution is 6.29. The first-order chi connectivity index (χ1) is 9.11. The fraction of sp³-hybridized carbons (Fsp3) is 0. The number of carboxylic acids is 1. The Morgan fingerprint density at radius 1 is 1.32 bits per heavy atom. The summed E-state index contributed by atoms with van der Waals surface area (Å²) in [5.41, 5.74) is 0.847. The number of carbonyl (C=O) groups is 1. The maximum absolute atomic E-state index is 11.1. The summed E-state index contributed by atoms with van der Waals surface area (Å²) >= 11 is 5.75. The summed E-state index contributed by atoms with van der Waals surface area (Å²) < 4.78 is 0. The number of para-hydroxylation sites is 1. The minimum atomic E-state index is -1.12. The van der Waals surface area contributed by atoms with Crippen LogP contribution in [0.5, 0.6) is 0 Å². The molecule has 6 heteroatoms. The summed E-state index contributed by atoms with van der Waals surface area (Å²) in [6, 6.07) is 11.5. The molecular formula is C13H8ClN3O2. The fourth-order valence-electron chi connectivity index (χ4n) is 1.52. The molecule has 1 aromatic heterocycles. The molecule has 0 radical (unpaired) electrons. The van der Waals surface area contributed by atoms with E-state index in [-0.39, 0.29) is 16.5 Å². The largest absolute Gasteiger partial charge is 0.478 e. The number of carboxylic acid groups (broad SMARTS) is 1. The smallest absolute Gasteiger partial charge is 0.339 e. The standard InChI is InChI=1S/C13H8ClN3O2/c14-11-6-5-9(13(18)19)12(17-11)16-10-4-2-1-3-8(10)7-15/h1-6H,(H,16,17)(H,18,19). The van der Waals surface area contributed by atoms with E-state index in [0.29, 0.717) is 11.3 Å². The number of nitrogens with zero attached hydrogens (tertiary/aromatic N) is 2. The van der Waals surface area contributed by atoms with Crippen molar-refractivity contribution in [1.82, 2.24) is 4.98 Å². The lowest BCUT2D eigenvalue weighted by Gasteiger charge is -2.09. The highest BCUT2D eigenvalue weighted by Crippen LogP contribution is 2.23. The highest BCUT2D eigenvalue weighted by Gasteiger charge is 2.13. The third-order valence-electron chi connectivity index (χ3n) is 2.39. The molecule has 0 atom stereocenters. The highest BCUT2D eigenvalue weighted by atomic mass is 35.5. The summed E-state index contributed by atoms with van der Waals surface area (Å²) in [6.07, 6.45) is 0. The monoisotopic (exact) mass is 273 g/mol. The van der Waals surface area contributed by atoms with Gasteiger partial charge in [-0.1, -0.05) is 23.7 Å². The minimum absolute atomic E-state index is 0.0165. The second-order valence-corrected chi connectivity index (χ2v) is 4.00. The molecule has 0 unspecified atom stereocenters. The van der Waals surface area contributed by atoms with E-state index in [2.05, 4.69) is 10.3 Å². The fourth-order valence-corrected chi connectivity index (χ4v) is 1.67. The van der Waals surface area contributed by atoms with Crippen LogP contribution in [-0.2, 0) is 0 Å². The van der Waals surface area contributed by atoms with Crippen molar-refractivity contribution >= 4 is 29.1 Å². The first-order valence-corrected chi connectivity index (χ1v) is 5.65. The number of benzene rings is 1. The van der Waals surface area contributed by atoms with E-state index in [1.807, 2.05) is 6.07 Å². The van der Waals surface area contributed by atoms with Crippen LogP contribution in [0.4, 0.5) is 11.5 Å². The van der Waals surface area contributed by atoms with Gasteiger partial charge in [-0.3, -0.25) is 0 Å². The van der Waals surface area contributed by atoms with E-state index in [1.165, 1.54) is 12.1 Å². The van der Waals surface area contributed by atoms with Crippen molar-refractivity contribution in [3.8, 4) is 6.07 Å². The molecule has 19 heavy (non-hydrogen) atoms. The van der Waals surface area contributed by atoms with Gasteiger partial charge in [0.05, 0.1) is 11.3 Å². The normalized spacial score (nSPS) is 9.68. The molecule has 1 aromatic carbocycles. The van der Waals surface area contributed by atoms with Crippen LogP contribution in [0.3, 0.4) is 0 Å². The molecule has 0 fully saturated rings. The number of halogens is 1. The second-order valence-electron chi connectivity index (χ2n) is 3.62. The van der Waals surface area contributed by atoms with Gasteiger partial charge in [0.15, 0.2) is 0 Å². The number of hydrogen-bond acceptors (Lipinski definition) is 4. The van der Waals surface area contributed by atoms with Crippen molar-refractivity contribution in [3.05, 3.63) is 52.7 Å². The quantitative estimate of drug-likeness (QED) is 0.840. The molecule has 0 saturated heterocycles. The Bertz CT molecular complexity index is 680. The van der Waals surface area contributed by atoms with E-state index in [9.17, 15) is 4.79 Å². The number of rotatable bonds is 3. The summed E-state index contributed by atoms with van der Waals surface area (Å²) in [5, 5.41) is 21.0. The number of aromatic carboxylic acids is 1. The second kappa shape index (κ2) is 5.38. The van der Waals surface area contributed by atoms with Crippen molar-refractivity contribution in [3.63, 3.8) is 0 Å². The van der Waals surface area contributed by atoms with Gasteiger partial charge in [0.1, 0.15) is 22.6 Å². The summed E-state index contributed by atoms with van der Waals surface area (Å²) in [4.78, 5) is 15.0. The number of pyridine rings is 1. The first kappa shape index (κ1) is 12.9. The molecule has 2 aromatic rings. The number of anilines is 2. The van der Waals surface area contributed by atoms with Gasteiger partial charge in [-0.05, 0) is 24.3 Å². The number of nitriles is 1. The average molecular weight is 274 g/mol. The summed E-state index contributed by atoms with van der Waals surface area (Å²) in [6.45, 7) is 0. The van der Waals surface area contributed by atoms with E-state index >= 15 is 0 Å². The third kappa shape index (κ3) is 2.81. The number of aromatic nitrogens is 1. The molecule has 1 heterocycles. The van der Waals surface area contributed by atoms with Gasteiger partial charge in [-0.2, -0.15) is 5.26 Å². The Kier molecular flexibility index (Phi) is 3.64. The van der Waals surface area contributed by atoms with Gasteiger partial charge < -0.3 is 10.4 Å². The average Bonchev–Trinajstić information content (AvgIpc) is 2.39. The van der Waals surface area contributed by atoms with Crippen molar-refractivity contribution in [1.29, 1.82) is 5.26 Å². The van der Waals surface area contributed by atoms with E-state index in [1.54, 1.807) is 24.3 Å². The molecule has 0 spiro atoms.